The van der Waals surface area contributed by atoms with Crippen molar-refractivity contribution in [2.45, 2.75) is 24.9 Å². The van der Waals surface area contributed by atoms with Crippen LogP contribution in [0.5, 0.6) is 0 Å². The molecule has 0 radical (unpaired) electrons. The second-order valence-electron chi connectivity index (χ2n) is 6.14. The van der Waals surface area contributed by atoms with Crippen molar-refractivity contribution >= 4 is 11.7 Å². The fourth-order valence-corrected chi connectivity index (χ4v) is 2.80. The quantitative estimate of drug-likeness (QED) is 0.789. The Bertz CT molecular complexity index is 742. The molecule has 0 bridgehead atoms. The summed E-state index contributed by atoms with van der Waals surface area (Å²) < 4.78 is 63.5. The molecule has 0 unspecified atom stereocenters. The van der Waals surface area contributed by atoms with Crippen LogP contribution in [-0.4, -0.2) is 30.2 Å². The van der Waals surface area contributed by atoms with Crippen LogP contribution >= 0.6 is 0 Å². The molecule has 0 aromatic heterocycles. The van der Waals surface area contributed by atoms with E-state index in [1.165, 1.54) is 4.90 Å². The molecule has 10 heteroatoms. The third-order valence-electron chi connectivity index (χ3n) is 4.43. The molecule has 27 heavy (non-hydrogen) atoms. The molecule has 5 nitrogen and oxygen atoms in total. The molecule has 0 atom stereocenters. The Morgan fingerprint density at radius 2 is 1.59 bits per heavy atom. The molecule has 1 aliphatic rings. The van der Waals surface area contributed by atoms with Gasteiger partial charge in [-0.2, -0.15) is 32.5 Å². The van der Waals surface area contributed by atoms with Crippen molar-refractivity contribution < 1.29 is 26.7 Å². The summed E-state index contributed by atoms with van der Waals surface area (Å²) in [6, 6.07) is 6.46. The van der Waals surface area contributed by atoms with E-state index >= 15 is 0 Å². The molecule has 0 aliphatic carbocycles. The number of alkyl halides is 5. The highest BCUT2D eigenvalue weighted by Crippen LogP contribution is 2.43. The van der Waals surface area contributed by atoms with E-state index in [-0.39, 0.29) is 11.6 Å². The highest BCUT2D eigenvalue weighted by Gasteiger charge is 2.58. The number of amides is 2. The summed E-state index contributed by atoms with van der Waals surface area (Å²) in [5.41, 5.74) is -1.14. The summed E-state index contributed by atoms with van der Waals surface area (Å²) >= 11 is 0. The Labute approximate surface area is 152 Å². The van der Waals surface area contributed by atoms with Crippen LogP contribution in [0.25, 0.3) is 0 Å². The average molecular weight is 386 g/mol. The molecule has 1 fully saturated rings. The molecule has 1 heterocycles. The lowest BCUT2D eigenvalue weighted by molar-refractivity contribution is -0.289. The number of nitrogens with zero attached hydrogens (tertiary/aromatic N) is 3. The Hall–Kier alpha value is -2.88. The van der Waals surface area contributed by atoms with Gasteiger partial charge in [0.15, 0.2) is 0 Å². The smallest absolute Gasteiger partial charge is 0.325 e. The highest BCUT2D eigenvalue weighted by molar-refractivity contribution is 5.89. The molecule has 1 aliphatic heterocycles. The number of nitrogens with one attached hydrogen (secondary N) is 1. The number of hydrogen-bond donors (Lipinski definition) is 1. The average Bonchev–Trinajstić information content (AvgIpc) is 2.63. The van der Waals surface area contributed by atoms with E-state index in [0.29, 0.717) is 38.1 Å². The minimum atomic E-state index is -5.70. The van der Waals surface area contributed by atoms with Gasteiger partial charge in [-0.25, -0.2) is 4.79 Å². The van der Waals surface area contributed by atoms with E-state index < -0.39 is 29.6 Å². The number of piperidine rings is 1. The Morgan fingerprint density at radius 1 is 1.07 bits per heavy atom. The lowest BCUT2D eigenvalue weighted by atomic mass is 9.86. The fraction of sp³-hybridized carbons (Fsp3) is 0.471. The summed E-state index contributed by atoms with van der Waals surface area (Å²) in [7, 11) is 0. The minimum absolute atomic E-state index is 0.0794. The molecule has 1 aromatic carbocycles. The van der Waals surface area contributed by atoms with Gasteiger partial charge in [0.2, 0.25) is 0 Å². The summed E-state index contributed by atoms with van der Waals surface area (Å²) in [5, 5.41) is 20.2. The van der Waals surface area contributed by atoms with Crippen LogP contribution in [0.2, 0.25) is 0 Å². The van der Waals surface area contributed by atoms with Gasteiger partial charge < -0.3 is 10.2 Å². The van der Waals surface area contributed by atoms with E-state index in [4.69, 9.17) is 10.5 Å². The molecule has 0 saturated carbocycles. The molecule has 2 amide bonds. The predicted octanol–water partition coefficient (Wildman–Crippen LogP) is 4.25. The van der Waals surface area contributed by atoms with Crippen LogP contribution in [0.15, 0.2) is 24.3 Å². The Morgan fingerprint density at radius 3 is 2.04 bits per heavy atom. The molecular weight excluding hydrogens is 371 g/mol. The van der Waals surface area contributed by atoms with Gasteiger partial charge in [0.05, 0.1) is 12.1 Å². The summed E-state index contributed by atoms with van der Waals surface area (Å²) in [5.74, 6) is -5.85. The van der Waals surface area contributed by atoms with Gasteiger partial charge in [0, 0.05) is 24.3 Å². The van der Waals surface area contributed by atoms with E-state index in [1.54, 1.807) is 0 Å². The predicted molar refractivity (Wildman–Crippen MR) is 84.4 cm³/mol. The van der Waals surface area contributed by atoms with Crippen molar-refractivity contribution in [3.05, 3.63) is 29.8 Å². The minimum Gasteiger partial charge on any atom is -0.325 e. The van der Waals surface area contributed by atoms with Crippen LogP contribution in [0.3, 0.4) is 0 Å². The molecule has 1 aromatic rings. The molecule has 1 saturated heterocycles. The summed E-state index contributed by atoms with van der Waals surface area (Å²) in [4.78, 5) is 13.6. The second-order valence-corrected chi connectivity index (χ2v) is 6.14. The van der Waals surface area contributed by atoms with Gasteiger partial charge in [0.1, 0.15) is 5.92 Å². The van der Waals surface area contributed by atoms with Crippen LogP contribution < -0.4 is 5.32 Å². The first-order valence-electron chi connectivity index (χ1n) is 8.00. The third-order valence-corrected chi connectivity index (χ3v) is 4.43. The van der Waals surface area contributed by atoms with Crippen LogP contribution in [0.4, 0.5) is 32.4 Å². The Kier molecular flexibility index (Phi) is 5.89. The number of hydrogen-bond acceptors (Lipinski definition) is 3. The van der Waals surface area contributed by atoms with Crippen LogP contribution in [0, 0.1) is 34.5 Å². The number of rotatable bonds is 3. The van der Waals surface area contributed by atoms with Crippen molar-refractivity contribution in [1.29, 1.82) is 10.5 Å². The number of carbonyl (C=O) groups is 1. The second kappa shape index (κ2) is 7.78. The maximum Gasteiger partial charge on any atom is 0.458 e. The number of benzene rings is 1. The molecule has 0 spiro atoms. The number of anilines is 1. The largest absolute Gasteiger partial charge is 0.458 e. The number of nitriles is 2. The monoisotopic (exact) mass is 386 g/mol. The van der Waals surface area contributed by atoms with Gasteiger partial charge in [-0.3, -0.25) is 0 Å². The van der Waals surface area contributed by atoms with Gasteiger partial charge in [-0.1, -0.05) is 12.1 Å². The summed E-state index contributed by atoms with van der Waals surface area (Å²) in [6.07, 6.45) is -4.77. The van der Waals surface area contributed by atoms with Crippen molar-refractivity contribution in [1.82, 2.24) is 4.90 Å². The third kappa shape index (κ3) is 4.45. The van der Waals surface area contributed by atoms with Crippen LogP contribution in [0.1, 0.15) is 18.4 Å². The topological polar surface area (TPSA) is 79.9 Å². The lowest BCUT2D eigenvalue weighted by Crippen LogP contribution is -2.42. The fourth-order valence-electron chi connectivity index (χ4n) is 2.80. The van der Waals surface area contributed by atoms with E-state index in [1.807, 2.05) is 12.1 Å². The van der Waals surface area contributed by atoms with Gasteiger partial charge in [0.25, 0.3) is 0 Å². The van der Waals surface area contributed by atoms with E-state index in [2.05, 4.69) is 5.32 Å². The van der Waals surface area contributed by atoms with Gasteiger partial charge >= 0.3 is 18.1 Å². The first-order valence-corrected chi connectivity index (χ1v) is 8.00. The zero-order chi connectivity index (χ0) is 20.2. The molecule has 1 N–H and O–H groups in total. The van der Waals surface area contributed by atoms with Gasteiger partial charge in [-0.05, 0) is 30.9 Å². The summed E-state index contributed by atoms with van der Waals surface area (Å²) in [6.45, 7) is 0.612. The van der Waals surface area contributed by atoms with Gasteiger partial charge in [-0.15, -0.1) is 0 Å². The number of carbonyl (C=O) groups excluding carboxylic acids is 1. The molecule has 2 rings (SSSR count). The van der Waals surface area contributed by atoms with E-state index in [9.17, 15) is 26.7 Å². The van der Waals surface area contributed by atoms with Crippen molar-refractivity contribution in [3.8, 4) is 12.1 Å². The normalized spacial score (nSPS) is 15.9. The number of urea groups is 1. The first kappa shape index (κ1) is 20.4. The number of halogens is 5. The Balaban J connectivity index is 1.96. The van der Waals surface area contributed by atoms with Crippen molar-refractivity contribution in [2.24, 2.45) is 11.8 Å². The maximum atomic E-state index is 13.2. The van der Waals surface area contributed by atoms with E-state index in [0.717, 1.165) is 12.1 Å². The lowest BCUT2D eigenvalue weighted by Gasteiger charge is -2.32. The number of likely N-dealkylation sites (tertiary alicyclic amines) is 1. The molecule has 144 valence electrons. The molecular formula is C17H15F5N4O. The highest BCUT2D eigenvalue weighted by atomic mass is 19.4. The van der Waals surface area contributed by atoms with Crippen LogP contribution in [-0.2, 0) is 5.92 Å². The van der Waals surface area contributed by atoms with Crippen molar-refractivity contribution in [3.63, 3.8) is 0 Å². The SMILES string of the molecule is N#CC(C#N)C1CCN(C(=O)Nc2ccc(C(F)(F)C(F)(F)F)cc2)CC1. The zero-order valence-corrected chi connectivity index (χ0v) is 13.9. The zero-order valence-electron chi connectivity index (χ0n) is 13.9. The standard InChI is InChI=1S/C17H15F5N4O/c18-16(19,17(20,21)22)13-1-3-14(4-2-13)25-15(27)26-7-5-11(6-8-26)12(9-23)10-24/h1-4,11-12H,5-8H2,(H,25,27). The van der Waals surface area contributed by atoms with Crippen molar-refractivity contribution in [2.75, 3.05) is 18.4 Å². The first-order chi connectivity index (χ1) is 12.6. The maximum absolute atomic E-state index is 13.2.